The number of amides is 4. The van der Waals surface area contributed by atoms with Crippen LogP contribution in [0.3, 0.4) is 0 Å². The van der Waals surface area contributed by atoms with Crippen molar-refractivity contribution in [3.8, 4) is 0 Å². The number of aromatic nitrogens is 4. The Hall–Kier alpha value is -5.08. The molecule has 4 amide bonds. The first kappa shape index (κ1) is 39.1. The second kappa shape index (κ2) is 20.2. The SMILES string of the molecule is CC(C)c1nc(CN(C)C(=O)N[C@@H](CCn2ccnc2)C(=O)N[C@H](CC[C@H](Cc2ccccc2)NC(=O)OCc2nccs2)Cc2ccccc2)cs1. The highest BCUT2D eigenvalue weighted by atomic mass is 32.1. The Morgan fingerprint density at radius 3 is 2.13 bits per heavy atom. The number of hydrogen-bond donors (Lipinski definition) is 3. The minimum absolute atomic E-state index is 0.0956. The molecule has 0 aliphatic rings. The van der Waals surface area contributed by atoms with Gasteiger partial charge in [0.1, 0.15) is 17.7 Å². The number of thiazole rings is 2. The van der Waals surface area contributed by atoms with Crippen LogP contribution in [0.25, 0.3) is 0 Å². The standard InChI is InChI=1S/C39H48N8O4S2/c1-28(2)37-43-33(26-53-37)24-46(3)38(49)45-34(16-19-47-20-17-40-27-47)36(48)42-31(22-29-10-6-4-7-11-29)14-15-32(23-30-12-8-5-9-13-30)44-39(50)51-25-35-41-18-21-52-35/h4-13,17-18,20-21,26-28,31-32,34H,14-16,19,22-25H2,1-3H3,(H,42,48)(H,44,50)(H,45,49)/t31-,32-,34+/m1/s1. The molecule has 0 aliphatic heterocycles. The van der Waals surface area contributed by atoms with E-state index in [2.05, 4.69) is 44.7 Å². The van der Waals surface area contributed by atoms with E-state index in [-0.39, 0.29) is 30.6 Å². The number of rotatable bonds is 19. The zero-order valence-corrected chi connectivity index (χ0v) is 32.0. The van der Waals surface area contributed by atoms with E-state index in [0.29, 0.717) is 51.1 Å². The molecule has 3 N–H and O–H groups in total. The van der Waals surface area contributed by atoms with Gasteiger partial charge in [0.15, 0.2) is 0 Å². The lowest BCUT2D eigenvalue weighted by Crippen LogP contribution is -2.53. The Bertz CT molecular complexity index is 1820. The van der Waals surface area contributed by atoms with E-state index in [1.165, 1.54) is 11.3 Å². The maximum Gasteiger partial charge on any atom is 0.407 e. The van der Waals surface area contributed by atoms with Crippen molar-refractivity contribution in [2.45, 2.75) is 89.7 Å². The molecule has 14 heteroatoms. The van der Waals surface area contributed by atoms with E-state index in [4.69, 9.17) is 4.74 Å². The Balaban J connectivity index is 1.28. The highest BCUT2D eigenvalue weighted by Gasteiger charge is 2.26. The van der Waals surface area contributed by atoms with Crippen molar-refractivity contribution in [2.75, 3.05) is 7.05 Å². The molecule has 0 saturated heterocycles. The molecule has 0 fully saturated rings. The molecule has 0 saturated carbocycles. The lowest BCUT2D eigenvalue weighted by atomic mass is 9.95. The van der Waals surface area contributed by atoms with Gasteiger partial charge in [-0.3, -0.25) is 4.79 Å². The quantitative estimate of drug-likeness (QED) is 0.0866. The summed E-state index contributed by atoms with van der Waals surface area (Å²) in [5.74, 6) is 0.0270. The first-order valence-corrected chi connectivity index (χ1v) is 19.6. The van der Waals surface area contributed by atoms with Gasteiger partial charge in [-0.05, 0) is 43.2 Å². The fourth-order valence-electron chi connectivity index (χ4n) is 5.81. The number of nitrogens with zero attached hydrogens (tertiary/aromatic N) is 5. The molecular formula is C39H48N8O4S2. The van der Waals surface area contributed by atoms with Crippen LogP contribution in [0.1, 0.15) is 65.9 Å². The molecule has 5 rings (SSSR count). The lowest BCUT2D eigenvalue weighted by Gasteiger charge is -2.27. The van der Waals surface area contributed by atoms with Gasteiger partial charge in [-0.2, -0.15) is 0 Å². The van der Waals surface area contributed by atoms with Crippen LogP contribution >= 0.6 is 22.7 Å². The summed E-state index contributed by atoms with van der Waals surface area (Å²) >= 11 is 3.01. The molecule has 0 unspecified atom stereocenters. The molecule has 280 valence electrons. The average molecular weight is 757 g/mol. The molecule has 5 aromatic rings. The van der Waals surface area contributed by atoms with Gasteiger partial charge in [-0.25, -0.2) is 24.5 Å². The molecular weight excluding hydrogens is 709 g/mol. The third-order valence-corrected chi connectivity index (χ3v) is 10.6. The first-order valence-electron chi connectivity index (χ1n) is 17.8. The Morgan fingerprint density at radius 2 is 1.55 bits per heavy atom. The molecule has 3 aromatic heterocycles. The van der Waals surface area contributed by atoms with Crippen LogP contribution in [0.15, 0.2) is 96.3 Å². The van der Waals surface area contributed by atoms with Gasteiger partial charge < -0.3 is 30.2 Å². The number of hydrogen-bond acceptors (Lipinski definition) is 9. The van der Waals surface area contributed by atoms with Crippen LogP contribution in [-0.4, -0.2) is 67.6 Å². The molecule has 0 bridgehead atoms. The van der Waals surface area contributed by atoms with Gasteiger partial charge >= 0.3 is 12.1 Å². The largest absolute Gasteiger partial charge is 0.442 e. The number of ether oxygens (including phenoxy) is 1. The highest BCUT2D eigenvalue weighted by Crippen LogP contribution is 2.20. The maximum atomic E-state index is 14.1. The van der Waals surface area contributed by atoms with Crippen molar-refractivity contribution in [1.29, 1.82) is 0 Å². The number of carbonyl (C=O) groups is 3. The zero-order valence-electron chi connectivity index (χ0n) is 30.4. The molecule has 3 atom stereocenters. The predicted molar refractivity (Wildman–Crippen MR) is 208 cm³/mol. The predicted octanol–water partition coefficient (Wildman–Crippen LogP) is 6.57. The zero-order chi connectivity index (χ0) is 37.4. The number of imidazole rings is 1. The monoisotopic (exact) mass is 756 g/mol. The van der Waals surface area contributed by atoms with E-state index >= 15 is 0 Å². The first-order chi connectivity index (χ1) is 25.7. The number of benzene rings is 2. The Kier molecular flexibility index (Phi) is 14.9. The van der Waals surface area contributed by atoms with E-state index in [1.807, 2.05) is 82.2 Å². The summed E-state index contributed by atoms with van der Waals surface area (Å²) in [7, 11) is 1.70. The topological polar surface area (TPSA) is 143 Å². The van der Waals surface area contributed by atoms with Crippen LogP contribution in [0.2, 0.25) is 0 Å². The van der Waals surface area contributed by atoms with Crippen LogP contribution in [-0.2, 0) is 42.1 Å². The molecule has 0 spiro atoms. The third kappa shape index (κ3) is 13.1. The lowest BCUT2D eigenvalue weighted by molar-refractivity contribution is -0.124. The summed E-state index contributed by atoms with van der Waals surface area (Å²) in [6.45, 7) is 5.09. The second-order valence-corrected chi connectivity index (χ2v) is 15.2. The number of alkyl carbamates (subject to hydrolysis) is 1. The Morgan fingerprint density at radius 1 is 0.868 bits per heavy atom. The summed E-state index contributed by atoms with van der Waals surface area (Å²) < 4.78 is 7.37. The fraction of sp³-hybridized carbons (Fsp3) is 0.385. The van der Waals surface area contributed by atoms with Crippen molar-refractivity contribution in [2.24, 2.45) is 0 Å². The van der Waals surface area contributed by atoms with Crippen molar-refractivity contribution >= 4 is 40.7 Å². The normalized spacial score (nSPS) is 12.8. The highest BCUT2D eigenvalue weighted by molar-refractivity contribution is 7.09. The number of urea groups is 1. The van der Waals surface area contributed by atoms with E-state index < -0.39 is 12.1 Å². The van der Waals surface area contributed by atoms with Crippen LogP contribution in [0.4, 0.5) is 9.59 Å². The summed E-state index contributed by atoms with van der Waals surface area (Å²) in [6, 6.07) is 18.2. The average Bonchev–Trinajstić information content (AvgIpc) is 3.96. The van der Waals surface area contributed by atoms with Crippen LogP contribution < -0.4 is 16.0 Å². The van der Waals surface area contributed by atoms with E-state index in [1.54, 1.807) is 42.0 Å². The summed E-state index contributed by atoms with van der Waals surface area (Å²) in [4.78, 5) is 55.1. The van der Waals surface area contributed by atoms with Gasteiger partial charge in [0.2, 0.25) is 5.91 Å². The van der Waals surface area contributed by atoms with Crippen molar-refractivity contribution in [1.82, 2.24) is 40.4 Å². The number of aryl methyl sites for hydroxylation is 1. The molecule has 3 heterocycles. The molecule has 0 aliphatic carbocycles. The molecule has 53 heavy (non-hydrogen) atoms. The number of nitrogens with one attached hydrogen (secondary N) is 3. The second-order valence-electron chi connectivity index (χ2n) is 13.3. The number of carbonyl (C=O) groups excluding carboxylic acids is 3. The van der Waals surface area contributed by atoms with Gasteiger partial charge in [0, 0.05) is 60.9 Å². The Labute approximate surface area is 319 Å². The minimum Gasteiger partial charge on any atom is -0.442 e. The van der Waals surface area contributed by atoms with Gasteiger partial charge in [0.25, 0.3) is 0 Å². The molecule has 2 aromatic carbocycles. The maximum absolute atomic E-state index is 14.1. The van der Waals surface area contributed by atoms with Crippen molar-refractivity contribution < 1.29 is 19.1 Å². The minimum atomic E-state index is -0.814. The van der Waals surface area contributed by atoms with Gasteiger partial charge in [-0.1, -0.05) is 74.5 Å². The summed E-state index contributed by atoms with van der Waals surface area (Å²) in [5.41, 5.74) is 2.95. The van der Waals surface area contributed by atoms with Crippen molar-refractivity contribution in [3.05, 3.63) is 123 Å². The smallest absolute Gasteiger partial charge is 0.407 e. The van der Waals surface area contributed by atoms with Crippen molar-refractivity contribution in [3.63, 3.8) is 0 Å². The van der Waals surface area contributed by atoms with E-state index in [9.17, 15) is 14.4 Å². The molecule has 12 nitrogen and oxygen atoms in total. The third-order valence-electron chi connectivity index (χ3n) is 8.65. The summed E-state index contributed by atoms with van der Waals surface area (Å²) in [6.07, 6.45) is 9.02. The van der Waals surface area contributed by atoms with Crippen LogP contribution in [0, 0.1) is 0 Å². The van der Waals surface area contributed by atoms with E-state index in [0.717, 1.165) is 26.8 Å². The summed E-state index contributed by atoms with van der Waals surface area (Å²) in [5, 5.41) is 14.8. The van der Waals surface area contributed by atoms with Gasteiger partial charge in [-0.15, -0.1) is 22.7 Å². The fourth-order valence-corrected chi connectivity index (χ4v) is 7.17. The van der Waals surface area contributed by atoms with Gasteiger partial charge in [0.05, 0.1) is 23.6 Å². The van der Waals surface area contributed by atoms with Crippen LogP contribution in [0.5, 0.6) is 0 Å². The molecule has 0 radical (unpaired) electrons.